The lowest BCUT2D eigenvalue weighted by Crippen LogP contribution is -2.04. The van der Waals surface area contributed by atoms with E-state index in [4.69, 9.17) is 9.84 Å². The number of aliphatic hydroxyl groups excluding tert-OH is 1. The molecule has 0 bridgehead atoms. The first-order valence-electron chi connectivity index (χ1n) is 5.15. The van der Waals surface area contributed by atoms with Crippen molar-refractivity contribution in [1.29, 1.82) is 0 Å². The summed E-state index contributed by atoms with van der Waals surface area (Å²) in [6, 6.07) is 4.30. The van der Waals surface area contributed by atoms with Gasteiger partial charge in [-0.1, -0.05) is 25.7 Å². The molecule has 0 saturated carbocycles. The van der Waals surface area contributed by atoms with Crippen LogP contribution in [0.4, 0.5) is 4.39 Å². The van der Waals surface area contributed by atoms with Gasteiger partial charge in [-0.3, -0.25) is 0 Å². The van der Waals surface area contributed by atoms with Crippen molar-refractivity contribution in [2.75, 3.05) is 13.2 Å². The molecule has 0 aromatic heterocycles. The third-order valence-electron chi connectivity index (χ3n) is 1.77. The summed E-state index contributed by atoms with van der Waals surface area (Å²) in [5.41, 5.74) is 0.507. The maximum atomic E-state index is 13.2. The zero-order valence-corrected chi connectivity index (χ0v) is 9.46. The second-order valence-corrected chi connectivity index (χ2v) is 3.84. The molecule has 0 radical (unpaired) electrons. The molecule has 0 unspecified atom stereocenters. The largest absolute Gasteiger partial charge is 0.493 e. The van der Waals surface area contributed by atoms with Crippen molar-refractivity contribution in [3.63, 3.8) is 0 Å². The molecule has 0 amide bonds. The van der Waals surface area contributed by atoms with Crippen LogP contribution in [-0.2, 0) is 0 Å². The van der Waals surface area contributed by atoms with Crippen molar-refractivity contribution in [2.45, 2.75) is 13.8 Å². The number of hydrogen-bond donors (Lipinski definition) is 1. The Labute approximate surface area is 95.1 Å². The highest BCUT2D eigenvalue weighted by atomic mass is 19.1. The first-order valence-corrected chi connectivity index (χ1v) is 5.15. The van der Waals surface area contributed by atoms with Gasteiger partial charge >= 0.3 is 0 Å². The first-order chi connectivity index (χ1) is 7.61. The molecule has 1 aromatic carbocycles. The maximum Gasteiger partial charge on any atom is 0.128 e. The standard InChI is InChI=1S/C13H15FO2/c1-10(2)9-16-13-7-11(4-3-5-15)6-12(14)8-13/h6-8,10,15H,5,9H2,1-2H3. The van der Waals surface area contributed by atoms with Crippen LogP contribution in [0.1, 0.15) is 19.4 Å². The molecule has 0 heterocycles. The average molecular weight is 222 g/mol. The third-order valence-corrected chi connectivity index (χ3v) is 1.77. The van der Waals surface area contributed by atoms with Gasteiger partial charge in [0.05, 0.1) is 6.61 Å². The van der Waals surface area contributed by atoms with Crippen LogP contribution in [0.5, 0.6) is 5.75 Å². The van der Waals surface area contributed by atoms with E-state index in [-0.39, 0.29) is 12.4 Å². The highest BCUT2D eigenvalue weighted by molar-refractivity contribution is 5.40. The van der Waals surface area contributed by atoms with Crippen molar-refractivity contribution < 1.29 is 14.2 Å². The maximum absolute atomic E-state index is 13.2. The molecule has 2 nitrogen and oxygen atoms in total. The molecule has 1 aromatic rings. The minimum atomic E-state index is -0.386. The SMILES string of the molecule is CC(C)COc1cc(F)cc(C#CCO)c1. The molecule has 0 spiro atoms. The lowest BCUT2D eigenvalue weighted by atomic mass is 10.2. The molecule has 3 heteroatoms. The highest BCUT2D eigenvalue weighted by Crippen LogP contribution is 2.16. The summed E-state index contributed by atoms with van der Waals surface area (Å²) in [6.45, 7) is 4.34. The van der Waals surface area contributed by atoms with Gasteiger partial charge in [0.25, 0.3) is 0 Å². The second kappa shape index (κ2) is 6.14. The Morgan fingerprint density at radius 3 is 2.75 bits per heavy atom. The summed E-state index contributed by atoms with van der Waals surface area (Å²) < 4.78 is 18.6. The fourth-order valence-corrected chi connectivity index (χ4v) is 1.12. The van der Waals surface area contributed by atoms with E-state index in [1.165, 1.54) is 12.1 Å². The number of rotatable bonds is 3. The van der Waals surface area contributed by atoms with Gasteiger partial charge in [0.2, 0.25) is 0 Å². The molecular formula is C13H15FO2. The van der Waals surface area contributed by atoms with E-state index >= 15 is 0 Å². The molecule has 0 saturated heterocycles. The quantitative estimate of drug-likeness (QED) is 0.794. The number of halogens is 1. The Kier molecular flexibility index (Phi) is 4.81. The average Bonchev–Trinajstić information content (AvgIpc) is 2.23. The molecule has 0 aliphatic carbocycles. The van der Waals surface area contributed by atoms with E-state index in [0.717, 1.165) is 0 Å². The lowest BCUT2D eigenvalue weighted by molar-refractivity contribution is 0.270. The van der Waals surface area contributed by atoms with Crippen LogP contribution >= 0.6 is 0 Å². The Morgan fingerprint density at radius 2 is 2.12 bits per heavy atom. The Morgan fingerprint density at radius 1 is 1.38 bits per heavy atom. The predicted octanol–water partition coefficient (Wildman–Crippen LogP) is 2.20. The fourth-order valence-electron chi connectivity index (χ4n) is 1.12. The van der Waals surface area contributed by atoms with Crippen LogP contribution in [-0.4, -0.2) is 18.3 Å². The summed E-state index contributed by atoms with van der Waals surface area (Å²) in [7, 11) is 0. The Bertz CT molecular complexity index is 402. The molecule has 16 heavy (non-hydrogen) atoms. The van der Waals surface area contributed by atoms with E-state index < -0.39 is 0 Å². The van der Waals surface area contributed by atoms with Crippen LogP contribution < -0.4 is 4.74 Å². The Hall–Kier alpha value is -1.53. The van der Waals surface area contributed by atoms with E-state index in [1.807, 2.05) is 13.8 Å². The lowest BCUT2D eigenvalue weighted by Gasteiger charge is -2.08. The Balaban J connectivity index is 2.81. The minimum absolute atomic E-state index is 0.237. The molecule has 0 fully saturated rings. The normalized spacial score (nSPS) is 9.81. The number of aliphatic hydroxyl groups is 1. The van der Waals surface area contributed by atoms with Crippen molar-refractivity contribution in [3.8, 4) is 17.6 Å². The molecular weight excluding hydrogens is 207 g/mol. The molecule has 0 aliphatic heterocycles. The van der Waals surface area contributed by atoms with Gasteiger partial charge in [-0.15, -0.1) is 0 Å². The summed E-state index contributed by atoms with van der Waals surface area (Å²) in [6.07, 6.45) is 0. The topological polar surface area (TPSA) is 29.5 Å². The fraction of sp³-hybridized carbons (Fsp3) is 0.385. The van der Waals surface area contributed by atoms with Gasteiger partial charge < -0.3 is 9.84 Å². The van der Waals surface area contributed by atoms with Crippen molar-refractivity contribution in [3.05, 3.63) is 29.6 Å². The molecule has 0 atom stereocenters. The molecule has 1 rings (SSSR count). The van der Waals surface area contributed by atoms with Gasteiger partial charge in [0.1, 0.15) is 18.2 Å². The number of ether oxygens (including phenoxy) is 1. The predicted molar refractivity (Wildman–Crippen MR) is 60.7 cm³/mol. The van der Waals surface area contributed by atoms with Gasteiger partial charge in [-0.25, -0.2) is 4.39 Å². The van der Waals surface area contributed by atoms with Crippen LogP contribution in [0.2, 0.25) is 0 Å². The van der Waals surface area contributed by atoms with Gasteiger partial charge in [0, 0.05) is 11.6 Å². The van der Waals surface area contributed by atoms with Gasteiger partial charge in [0.15, 0.2) is 0 Å². The summed E-state index contributed by atoms with van der Waals surface area (Å²) in [5.74, 6) is 5.58. The van der Waals surface area contributed by atoms with Crippen LogP contribution in [0.25, 0.3) is 0 Å². The molecule has 0 aliphatic rings. The van der Waals surface area contributed by atoms with E-state index in [0.29, 0.717) is 23.8 Å². The summed E-state index contributed by atoms with van der Waals surface area (Å²) in [5, 5.41) is 8.54. The van der Waals surface area contributed by atoms with Crippen LogP contribution in [0.15, 0.2) is 18.2 Å². The third kappa shape index (κ3) is 4.33. The second-order valence-electron chi connectivity index (χ2n) is 3.84. The van der Waals surface area contributed by atoms with Crippen LogP contribution in [0, 0.1) is 23.6 Å². The highest BCUT2D eigenvalue weighted by Gasteiger charge is 2.01. The van der Waals surface area contributed by atoms with Crippen molar-refractivity contribution in [2.24, 2.45) is 5.92 Å². The van der Waals surface area contributed by atoms with E-state index in [1.54, 1.807) is 6.07 Å². The minimum Gasteiger partial charge on any atom is -0.493 e. The van der Waals surface area contributed by atoms with Crippen molar-refractivity contribution in [1.82, 2.24) is 0 Å². The molecule has 1 N–H and O–H groups in total. The van der Waals surface area contributed by atoms with Crippen LogP contribution in [0.3, 0.4) is 0 Å². The molecule has 86 valence electrons. The summed E-state index contributed by atoms with van der Waals surface area (Å²) >= 11 is 0. The monoisotopic (exact) mass is 222 g/mol. The first kappa shape index (κ1) is 12.5. The zero-order valence-electron chi connectivity index (χ0n) is 9.46. The van der Waals surface area contributed by atoms with Gasteiger partial charge in [-0.05, 0) is 18.1 Å². The van der Waals surface area contributed by atoms with E-state index in [9.17, 15) is 4.39 Å². The smallest absolute Gasteiger partial charge is 0.128 e. The number of benzene rings is 1. The van der Waals surface area contributed by atoms with Crippen molar-refractivity contribution >= 4 is 0 Å². The summed E-state index contributed by atoms with van der Waals surface area (Å²) in [4.78, 5) is 0. The van der Waals surface area contributed by atoms with E-state index in [2.05, 4.69) is 11.8 Å². The van der Waals surface area contributed by atoms with Gasteiger partial charge in [-0.2, -0.15) is 0 Å². The number of hydrogen-bond acceptors (Lipinski definition) is 2. The zero-order chi connectivity index (χ0) is 12.0.